The Morgan fingerprint density at radius 2 is 1.81 bits per heavy atom. The van der Waals surface area contributed by atoms with Crippen molar-refractivity contribution in [1.29, 1.82) is 0 Å². The maximum absolute atomic E-state index is 6.11. The molecule has 1 atom stereocenters. The monoisotopic (exact) mass is 361 g/mol. The molecule has 1 aliphatic rings. The molecule has 0 spiro atoms. The van der Waals surface area contributed by atoms with E-state index in [0.717, 1.165) is 31.8 Å². The molecule has 0 saturated carbocycles. The molecule has 1 unspecified atom stereocenters. The molecule has 0 N–H and O–H groups in total. The molecule has 27 heavy (non-hydrogen) atoms. The molecular formula is C24H27NO2. The zero-order chi connectivity index (χ0) is 18.7. The van der Waals surface area contributed by atoms with E-state index in [2.05, 4.69) is 72.5 Å². The number of fused-ring (bicyclic) bond motifs is 1. The third kappa shape index (κ3) is 3.71. The minimum atomic E-state index is -0.224. The van der Waals surface area contributed by atoms with Crippen molar-refractivity contribution in [1.82, 2.24) is 4.90 Å². The predicted molar refractivity (Wildman–Crippen MR) is 110 cm³/mol. The molecule has 4 rings (SSSR count). The molecule has 1 heterocycles. The van der Waals surface area contributed by atoms with Gasteiger partial charge >= 0.3 is 0 Å². The third-order valence-corrected chi connectivity index (χ3v) is 5.73. The maximum Gasteiger partial charge on any atom is 0.120 e. The molecule has 1 fully saturated rings. The van der Waals surface area contributed by atoms with E-state index in [1.54, 1.807) is 0 Å². The number of ether oxygens (including phenoxy) is 2. The largest absolute Gasteiger partial charge is 0.489 e. The van der Waals surface area contributed by atoms with Crippen LogP contribution in [0, 0.1) is 0 Å². The van der Waals surface area contributed by atoms with Crippen molar-refractivity contribution in [2.75, 3.05) is 26.7 Å². The lowest BCUT2D eigenvalue weighted by molar-refractivity contribution is -0.00562. The summed E-state index contributed by atoms with van der Waals surface area (Å²) in [5, 5.41) is 2.50. The fourth-order valence-electron chi connectivity index (χ4n) is 4.01. The van der Waals surface area contributed by atoms with Gasteiger partial charge in [-0.05, 0) is 53.1 Å². The molecule has 3 aromatic rings. The fourth-order valence-corrected chi connectivity index (χ4v) is 4.01. The normalized spacial score (nSPS) is 20.2. The van der Waals surface area contributed by atoms with Crippen LogP contribution < -0.4 is 4.74 Å². The SMILES string of the molecule is CCN1CCC(OC)(c2cccc(OCc3ccc4ccccc4c3)c2)C1. The number of methoxy groups -OCH3 is 1. The van der Waals surface area contributed by atoms with Crippen LogP contribution in [-0.4, -0.2) is 31.6 Å². The number of likely N-dealkylation sites (N-methyl/N-ethyl adjacent to an activating group) is 1. The Morgan fingerprint density at radius 1 is 0.963 bits per heavy atom. The second-order valence-electron chi connectivity index (χ2n) is 7.32. The van der Waals surface area contributed by atoms with Crippen molar-refractivity contribution in [2.24, 2.45) is 0 Å². The van der Waals surface area contributed by atoms with Gasteiger partial charge in [-0.25, -0.2) is 0 Å². The molecule has 140 valence electrons. The Labute approximate surface area is 161 Å². The van der Waals surface area contributed by atoms with Crippen molar-refractivity contribution >= 4 is 10.8 Å². The lowest BCUT2D eigenvalue weighted by Gasteiger charge is -2.29. The molecule has 0 aliphatic carbocycles. The van der Waals surface area contributed by atoms with Gasteiger partial charge in [0.05, 0.1) is 0 Å². The third-order valence-electron chi connectivity index (χ3n) is 5.73. The van der Waals surface area contributed by atoms with Crippen molar-refractivity contribution in [3.8, 4) is 5.75 Å². The van der Waals surface area contributed by atoms with Gasteiger partial charge < -0.3 is 14.4 Å². The summed E-state index contributed by atoms with van der Waals surface area (Å²) in [5.41, 5.74) is 2.16. The van der Waals surface area contributed by atoms with Crippen LogP contribution in [0.25, 0.3) is 10.8 Å². The van der Waals surface area contributed by atoms with Gasteiger partial charge in [-0.1, -0.05) is 55.5 Å². The van der Waals surface area contributed by atoms with Crippen LogP contribution in [-0.2, 0) is 16.9 Å². The molecule has 0 bridgehead atoms. The van der Waals surface area contributed by atoms with Gasteiger partial charge in [0.2, 0.25) is 0 Å². The first-order chi connectivity index (χ1) is 13.2. The summed E-state index contributed by atoms with van der Waals surface area (Å²) in [5.74, 6) is 0.895. The van der Waals surface area contributed by atoms with E-state index < -0.39 is 0 Å². The topological polar surface area (TPSA) is 21.7 Å². The van der Waals surface area contributed by atoms with Crippen molar-refractivity contribution in [3.63, 3.8) is 0 Å². The van der Waals surface area contributed by atoms with Gasteiger partial charge in [0.15, 0.2) is 0 Å². The van der Waals surface area contributed by atoms with Gasteiger partial charge in [0, 0.05) is 20.2 Å². The first-order valence-corrected chi connectivity index (χ1v) is 9.71. The Hall–Kier alpha value is -2.36. The minimum Gasteiger partial charge on any atom is -0.489 e. The minimum absolute atomic E-state index is 0.224. The molecule has 0 aromatic heterocycles. The standard InChI is InChI=1S/C24H27NO2/c1-3-25-14-13-24(18-25,26-2)22-9-6-10-23(16-22)27-17-19-11-12-20-7-4-5-8-21(20)15-19/h4-12,15-16H,3,13-14,17-18H2,1-2H3. The maximum atomic E-state index is 6.11. The van der Waals surface area contributed by atoms with Crippen molar-refractivity contribution in [3.05, 3.63) is 77.9 Å². The van der Waals surface area contributed by atoms with Gasteiger partial charge in [0.1, 0.15) is 18.0 Å². The number of hydrogen-bond acceptors (Lipinski definition) is 3. The van der Waals surface area contributed by atoms with Crippen LogP contribution in [0.15, 0.2) is 66.7 Å². The number of likely N-dealkylation sites (tertiary alicyclic amines) is 1. The van der Waals surface area contributed by atoms with Gasteiger partial charge in [-0.2, -0.15) is 0 Å². The summed E-state index contributed by atoms with van der Waals surface area (Å²) < 4.78 is 12.1. The average Bonchev–Trinajstić information content (AvgIpc) is 3.17. The highest BCUT2D eigenvalue weighted by Crippen LogP contribution is 2.36. The van der Waals surface area contributed by atoms with E-state index in [1.165, 1.54) is 21.9 Å². The van der Waals surface area contributed by atoms with E-state index >= 15 is 0 Å². The summed E-state index contributed by atoms with van der Waals surface area (Å²) in [7, 11) is 1.82. The lowest BCUT2D eigenvalue weighted by Crippen LogP contribution is -2.32. The quantitative estimate of drug-likeness (QED) is 0.618. The predicted octanol–water partition coefficient (Wildman–Crippen LogP) is 4.99. The van der Waals surface area contributed by atoms with E-state index in [1.807, 2.05) is 13.2 Å². The first kappa shape index (κ1) is 18.0. The highest BCUT2D eigenvalue weighted by atomic mass is 16.5. The van der Waals surface area contributed by atoms with Crippen LogP contribution >= 0.6 is 0 Å². The lowest BCUT2D eigenvalue weighted by atomic mass is 9.92. The summed E-state index contributed by atoms with van der Waals surface area (Å²) in [6.07, 6.45) is 1.02. The fraction of sp³-hybridized carbons (Fsp3) is 0.333. The summed E-state index contributed by atoms with van der Waals surface area (Å²) in [6.45, 7) is 5.84. The van der Waals surface area contributed by atoms with Crippen LogP contribution in [0.3, 0.4) is 0 Å². The van der Waals surface area contributed by atoms with Crippen molar-refractivity contribution in [2.45, 2.75) is 25.6 Å². The smallest absolute Gasteiger partial charge is 0.120 e. The Balaban J connectivity index is 1.50. The van der Waals surface area contributed by atoms with E-state index in [4.69, 9.17) is 9.47 Å². The number of benzene rings is 3. The molecular weight excluding hydrogens is 334 g/mol. The molecule has 3 heteroatoms. The van der Waals surface area contributed by atoms with E-state index in [9.17, 15) is 0 Å². The average molecular weight is 361 g/mol. The van der Waals surface area contributed by atoms with Gasteiger partial charge in [-0.3, -0.25) is 0 Å². The summed E-state index contributed by atoms with van der Waals surface area (Å²) in [6, 6.07) is 23.3. The van der Waals surface area contributed by atoms with Gasteiger partial charge in [0.25, 0.3) is 0 Å². The number of rotatable bonds is 6. The van der Waals surface area contributed by atoms with Crippen molar-refractivity contribution < 1.29 is 9.47 Å². The molecule has 3 aromatic carbocycles. The summed E-state index contributed by atoms with van der Waals surface area (Å²) in [4.78, 5) is 2.44. The van der Waals surface area contributed by atoms with Crippen LogP contribution in [0.4, 0.5) is 0 Å². The Morgan fingerprint density at radius 3 is 2.59 bits per heavy atom. The van der Waals surface area contributed by atoms with E-state index in [0.29, 0.717) is 6.61 Å². The highest BCUT2D eigenvalue weighted by molar-refractivity contribution is 5.82. The molecule has 0 radical (unpaired) electrons. The van der Waals surface area contributed by atoms with Crippen LogP contribution in [0.2, 0.25) is 0 Å². The van der Waals surface area contributed by atoms with Crippen LogP contribution in [0.5, 0.6) is 5.75 Å². The molecule has 1 aliphatic heterocycles. The highest BCUT2D eigenvalue weighted by Gasteiger charge is 2.39. The molecule has 0 amide bonds. The molecule has 3 nitrogen and oxygen atoms in total. The second kappa shape index (κ2) is 7.71. The summed E-state index contributed by atoms with van der Waals surface area (Å²) >= 11 is 0. The zero-order valence-electron chi connectivity index (χ0n) is 16.2. The number of nitrogens with zero attached hydrogens (tertiary/aromatic N) is 1. The zero-order valence-corrected chi connectivity index (χ0v) is 16.2. The molecule has 1 saturated heterocycles. The number of hydrogen-bond donors (Lipinski definition) is 0. The Bertz CT molecular complexity index is 923. The van der Waals surface area contributed by atoms with Gasteiger partial charge in [-0.15, -0.1) is 0 Å². The van der Waals surface area contributed by atoms with Crippen LogP contribution in [0.1, 0.15) is 24.5 Å². The Kier molecular flexibility index (Phi) is 5.15. The first-order valence-electron chi connectivity index (χ1n) is 9.71. The van der Waals surface area contributed by atoms with E-state index in [-0.39, 0.29) is 5.60 Å². The second-order valence-corrected chi connectivity index (χ2v) is 7.32.